The Morgan fingerprint density at radius 2 is 2.00 bits per heavy atom. The topological polar surface area (TPSA) is 59.1 Å². The van der Waals surface area contributed by atoms with Crippen LogP contribution in [-0.4, -0.2) is 40.4 Å². The zero-order valence-corrected chi connectivity index (χ0v) is 13.5. The summed E-state index contributed by atoms with van der Waals surface area (Å²) in [5, 5.41) is 8.05. The van der Waals surface area contributed by atoms with E-state index in [2.05, 4.69) is 43.0 Å². The number of rotatable bonds is 5. The molecule has 0 amide bonds. The Morgan fingerprint density at radius 3 is 2.55 bits per heavy atom. The van der Waals surface area contributed by atoms with Gasteiger partial charge < -0.3 is 16.0 Å². The highest BCUT2D eigenvalue weighted by molar-refractivity contribution is 5.64. The van der Waals surface area contributed by atoms with Gasteiger partial charge in [0, 0.05) is 25.2 Å². The summed E-state index contributed by atoms with van der Waals surface area (Å²) in [4.78, 5) is 2.54. The van der Waals surface area contributed by atoms with Crippen molar-refractivity contribution in [2.24, 2.45) is 5.92 Å². The molecule has 1 aliphatic heterocycles. The molecule has 0 spiro atoms. The van der Waals surface area contributed by atoms with E-state index in [1.807, 2.05) is 11.6 Å². The summed E-state index contributed by atoms with van der Waals surface area (Å²) in [5.41, 5.74) is 7.85. The standard InChI is InChI=1S/C15H29N5/c1-10(2)19-7-6-13(9-19)8-17-15-14(16)12(5)18-20(15)11(3)4/h10-11,13,17H,6-9,16H2,1-5H3. The number of likely N-dealkylation sites (tertiary alicyclic amines) is 1. The van der Waals surface area contributed by atoms with Crippen molar-refractivity contribution in [3.63, 3.8) is 0 Å². The number of nitrogen functional groups attached to an aromatic ring is 1. The molecule has 1 aromatic heterocycles. The first-order valence-corrected chi connectivity index (χ1v) is 7.72. The smallest absolute Gasteiger partial charge is 0.148 e. The maximum Gasteiger partial charge on any atom is 0.148 e. The maximum atomic E-state index is 6.15. The van der Waals surface area contributed by atoms with E-state index in [0.717, 1.165) is 23.7 Å². The highest BCUT2D eigenvalue weighted by Gasteiger charge is 2.24. The lowest BCUT2D eigenvalue weighted by Gasteiger charge is -2.21. The molecule has 1 atom stereocenters. The Morgan fingerprint density at radius 1 is 1.30 bits per heavy atom. The minimum Gasteiger partial charge on any atom is -0.394 e. The van der Waals surface area contributed by atoms with Gasteiger partial charge in [-0.1, -0.05) is 0 Å². The number of aromatic nitrogens is 2. The van der Waals surface area contributed by atoms with E-state index in [-0.39, 0.29) is 0 Å². The second-order valence-electron chi connectivity index (χ2n) is 6.51. The highest BCUT2D eigenvalue weighted by Crippen LogP contribution is 2.27. The molecule has 1 aliphatic rings. The van der Waals surface area contributed by atoms with Gasteiger partial charge in [0.05, 0.1) is 11.4 Å². The second kappa shape index (κ2) is 6.04. The van der Waals surface area contributed by atoms with Crippen LogP contribution in [0.1, 0.15) is 45.9 Å². The number of aryl methyl sites for hydroxylation is 1. The molecule has 0 bridgehead atoms. The number of hydrogen-bond donors (Lipinski definition) is 2. The summed E-state index contributed by atoms with van der Waals surface area (Å²) in [6.07, 6.45) is 1.26. The normalized spacial score (nSPS) is 20.2. The van der Waals surface area contributed by atoms with E-state index < -0.39 is 0 Å². The summed E-state index contributed by atoms with van der Waals surface area (Å²) < 4.78 is 2.00. The lowest BCUT2D eigenvalue weighted by atomic mass is 10.1. The van der Waals surface area contributed by atoms with E-state index in [9.17, 15) is 0 Å². The minimum absolute atomic E-state index is 0.323. The molecule has 0 aliphatic carbocycles. The van der Waals surface area contributed by atoms with E-state index in [1.165, 1.54) is 19.5 Å². The Balaban J connectivity index is 1.98. The van der Waals surface area contributed by atoms with E-state index in [1.54, 1.807) is 0 Å². The third kappa shape index (κ3) is 3.08. The van der Waals surface area contributed by atoms with Crippen molar-refractivity contribution in [2.75, 3.05) is 30.7 Å². The average Bonchev–Trinajstić information content (AvgIpc) is 2.94. The molecule has 0 saturated carbocycles. The highest BCUT2D eigenvalue weighted by atomic mass is 15.4. The monoisotopic (exact) mass is 279 g/mol. The molecule has 0 radical (unpaired) electrons. The summed E-state index contributed by atoms with van der Waals surface area (Å²) in [6.45, 7) is 14.1. The van der Waals surface area contributed by atoms with Gasteiger partial charge in [-0.15, -0.1) is 0 Å². The van der Waals surface area contributed by atoms with Crippen molar-refractivity contribution < 1.29 is 0 Å². The van der Waals surface area contributed by atoms with Gasteiger partial charge in [0.1, 0.15) is 5.82 Å². The van der Waals surface area contributed by atoms with Crippen molar-refractivity contribution in [1.82, 2.24) is 14.7 Å². The van der Waals surface area contributed by atoms with Crippen LogP contribution >= 0.6 is 0 Å². The van der Waals surface area contributed by atoms with Crippen molar-refractivity contribution >= 4 is 11.5 Å². The zero-order valence-electron chi connectivity index (χ0n) is 13.5. The lowest BCUT2D eigenvalue weighted by molar-refractivity contribution is 0.266. The van der Waals surface area contributed by atoms with Crippen LogP contribution in [0.4, 0.5) is 11.5 Å². The van der Waals surface area contributed by atoms with Gasteiger partial charge in [-0.3, -0.25) is 0 Å². The Kier molecular flexibility index (Phi) is 4.58. The first-order valence-electron chi connectivity index (χ1n) is 7.72. The van der Waals surface area contributed by atoms with E-state index in [0.29, 0.717) is 18.0 Å². The molecule has 20 heavy (non-hydrogen) atoms. The Bertz CT molecular complexity index is 449. The maximum absolute atomic E-state index is 6.15. The fraction of sp³-hybridized carbons (Fsp3) is 0.800. The third-order valence-electron chi connectivity index (χ3n) is 4.23. The molecule has 5 heteroatoms. The van der Waals surface area contributed by atoms with Crippen molar-refractivity contribution in [1.29, 1.82) is 0 Å². The largest absolute Gasteiger partial charge is 0.394 e. The average molecular weight is 279 g/mol. The van der Waals surface area contributed by atoms with Gasteiger partial charge >= 0.3 is 0 Å². The van der Waals surface area contributed by atoms with Gasteiger partial charge in [-0.25, -0.2) is 4.68 Å². The molecule has 3 N–H and O–H groups in total. The van der Waals surface area contributed by atoms with Gasteiger partial charge in [-0.05, 0) is 53.5 Å². The molecule has 1 saturated heterocycles. The Hall–Kier alpha value is -1.23. The van der Waals surface area contributed by atoms with Crippen molar-refractivity contribution in [3.8, 4) is 0 Å². The van der Waals surface area contributed by atoms with Gasteiger partial charge in [-0.2, -0.15) is 5.10 Å². The van der Waals surface area contributed by atoms with Crippen molar-refractivity contribution in [2.45, 2.75) is 53.1 Å². The quantitative estimate of drug-likeness (QED) is 0.869. The fourth-order valence-electron chi connectivity index (χ4n) is 2.85. The summed E-state index contributed by atoms with van der Waals surface area (Å²) in [5.74, 6) is 1.69. The molecule has 2 heterocycles. The number of hydrogen-bond acceptors (Lipinski definition) is 4. The van der Waals surface area contributed by atoms with Gasteiger partial charge in [0.2, 0.25) is 0 Å². The molecule has 1 unspecified atom stereocenters. The van der Waals surface area contributed by atoms with E-state index >= 15 is 0 Å². The first kappa shape index (κ1) is 15.2. The van der Waals surface area contributed by atoms with Gasteiger partial charge in [0.25, 0.3) is 0 Å². The lowest BCUT2D eigenvalue weighted by Crippen LogP contribution is -2.29. The van der Waals surface area contributed by atoms with Crippen LogP contribution in [0.15, 0.2) is 0 Å². The third-order valence-corrected chi connectivity index (χ3v) is 4.23. The first-order chi connectivity index (χ1) is 9.40. The SMILES string of the molecule is Cc1nn(C(C)C)c(NCC2CCN(C(C)C)C2)c1N. The van der Waals surface area contributed by atoms with Crippen LogP contribution in [0.25, 0.3) is 0 Å². The predicted molar refractivity (Wildman–Crippen MR) is 85.1 cm³/mol. The molecule has 1 aromatic rings. The molecule has 0 aromatic carbocycles. The molecular formula is C15H29N5. The van der Waals surface area contributed by atoms with E-state index in [4.69, 9.17) is 5.73 Å². The minimum atomic E-state index is 0.323. The van der Waals surface area contributed by atoms with Gasteiger partial charge in [0.15, 0.2) is 0 Å². The molecular weight excluding hydrogens is 250 g/mol. The van der Waals surface area contributed by atoms with Crippen LogP contribution in [0.3, 0.4) is 0 Å². The van der Waals surface area contributed by atoms with Crippen LogP contribution in [0.2, 0.25) is 0 Å². The number of nitrogens with zero attached hydrogens (tertiary/aromatic N) is 3. The zero-order chi connectivity index (χ0) is 14.9. The summed E-state index contributed by atoms with van der Waals surface area (Å²) in [6, 6.07) is 0.970. The van der Waals surface area contributed by atoms with Crippen LogP contribution in [-0.2, 0) is 0 Å². The second-order valence-corrected chi connectivity index (χ2v) is 6.51. The molecule has 2 rings (SSSR count). The molecule has 114 valence electrons. The van der Waals surface area contributed by atoms with Crippen LogP contribution in [0, 0.1) is 12.8 Å². The molecule has 5 nitrogen and oxygen atoms in total. The Labute approximate surface area is 122 Å². The molecule has 1 fully saturated rings. The fourth-order valence-corrected chi connectivity index (χ4v) is 2.85. The van der Waals surface area contributed by atoms with Crippen LogP contribution in [0.5, 0.6) is 0 Å². The van der Waals surface area contributed by atoms with Crippen LogP contribution < -0.4 is 11.1 Å². The van der Waals surface area contributed by atoms with Crippen molar-refractivity contribution in [3.05, 3.63) is 5.69 Å². The number of anilines is 2. The predicted octanol–water partition coefficient (Wildman–Crippen LogP) is 2.50. The summed E-state index contributed by atoms with van der Waals surface area (Å²) in [7, 11) is 0. The number of nitrogens with two attached hydrogens (primary N) is 1. The summed E-state index contributed by atoms with van der Waals surface area (Å²) >= 11 is 0. The number of nitrogens with one attached hydrogen (secondary N) is 1.